The number of nitrogens with zero attached hydrogens (tertiary/aromatic N) is 1. The van der Waals surface area contributed by atoms with E-state index in [1.807, 2.05) is 43.3 Å². The van der Waals surface area contributed by atoms with Crippen molar-refractivity contribution in [3.05, 3.63) is 69.7 Å². The minimum absolute atomic E-state index is 0.0601. The Balaban J connectivity index is 2.36. The molecule has 1 N–H and O–H groups in total. The van der Waals surface area contributed by atoms with E-state index in [2.05, 4.69) is 12.2 Å². The Morgan fingerprint density at radius 1 is 1.03 bits per heavy atom. The topological polar surface area (TPSA) is 49.4 Å². The van der Waals surface area contributed by atoms with Crippen molar-refractivity contribution in [2.45, 2.75) is 58.5 Å². The molecule has 0 saturated heterocycles. The molecule has 0 saturated carbocycles. The number of amides is 2. The average Bonchev–Trinajstić information content (AvgIpc) is 2.73. The van der Waals surface area contributed by atoms with E-state index in [4.69, 9.17) is 23.2 Å². The first-order chi connectivity index (χ1) is 14.5. The van der Waals surface area contributed by atoms with Crippen LogP contribution in [0.25, 0.3) is 0 Å². The molecular weight excluding hydrogens is 419 g/mol. The summed E-state index contributed by atoms with van der Waals surface area (Å²) in [5.41, 5.74) is 1.77. The van der Waals surface area contributed by atoms with Crippen LogP contribution in [0.15, 0.2) is 48.5 Å². The molecule has 2 aromatic rings. The second kappa shape index (κ2) is 12.6. The number of rotatable bonds is 11. The Labute approximate surface area is 189 Å². The van der Waals surface area contributed by atoms with Gasteiger partial charge in [-0.3, -0.25) is 9.59 Å². The van der Waals surface area contributed by atoms with Gasteiger partial charge >= 0.3 is 0 Å². The Hall–Kier alpha value is -2.04. The zero-order chi connectivity index (χ0) is 21.9. The lowest BCUT2D eigenvalue weighted by Gasteiger charge is -2.32. The molecule has 0 aliphatic rings. The third-order valence-electron chi connectivity index (χ3n) is 4.92. The van der Waals surface area contributed by atoms with Crippen LogP contribution in [0.1, 0.15) is 50.7 Å². The van der Waals surface area contributed by atoms with Crippen LogP contribution < -0.4 is 5.32 Å². The predicted molar refractivity (Wildman–Crippen MR) is 124 cm³/mol. The van der Waals surface area contributed by atoms with Crippen LogP contribution in [0, 0.1) is 0 Å². The Morgan fingerprint density at radius 2 is 1.77 bits per heavy atom. The van der Waals surface area contributed by atoms with E-state index >= 15 is 0 Å². The largest absolute Gasteiger partial charge is 0.354 e. The number of hydrogen-bond acceptors (Lipinski definition) is 2. The fourth-order valence-electron chi connectivity index (χ4n) is 3.25. The summed E-state index contributed by atoms with van der Waals surface area (Å²) in [6.07, 6.45) is 3.41. The quantitative estimate of drug-likeness (QED) is 0.451. The minimum Gasteiger partial charge on any atom is -0.354 e. The standard InChI is InChI=1S/C24H30Cl2N2O2/c1-3-5-14-27-24(30)22(15-18-10-7-6-8-11-18)28(23(29)9-4-2)17-19-12-13-20(25)16-21(19)26/h6-8,10-13,16,22H,3-5,9,14-15,17H2,1-2H3,(H,27,30)/t22-/m1/s1. The van der Waals surface area contributed by atoms with Gasteiger partial charge in [0.05, 0.1) is 0 Å². The van der Waals surface area contributed by atoms with Gasteiger partial charge in [0.1, 0.15) is 6.04 Å². The van der Waals surface area contributed by atoms with Crippen LogP contribution in [0.2, 0.25) is 10.0 Å². The predicted octanol–water partition coefficient (Wildman–Crippen LogP) is 5.65. The third-order valence-corrected chi connectivity index (χ3v) is 5.51. The van der Waals surface area contributed by atoms with Crippen LogP contribution in [0.4, 0.5) is 0 Å². The molecule has 0 spiro atoms. The molecule has 0 heterocycles. The first kappa shape index (κ1) is 24.2. The summed E-state index contributed by atoms with van der Waals surface area (Å²) in [7, 11) is 0. The second-order valence-electron chi connectivity index (χ2n) is 7.36. The lowest BCUT2D eigenvalue weighted by Crippen LogP contribution is -2.50. The van der Waals surface area contributed by atoms with Gasteiger partial charge in [0.25, 0.3) is 0 Å². The van der Waals surface area contributed by atoms with Gasteiger partial charge in [0.15, 0.2) is 0 Å². The van der Waals surface area contributed by atoms with E-state index in [1.165, 1.54) is 0 Å². The highest BCUT2D eigenvalue weighted by molar-refractivity contribution is 6.35. The maximum Gasteiger partial charge on any atom is 0.243 e. The van der Waals surface area contributed by atoms with Gasteiger partial charge in [0.2, 0.25) is 11.8 Å². The monoisotopic (exact) mass is 448 g/mol. The molecule has 0 aliphatic heterocycles. The Kier molecular flexibility index (Phi) is 10.2. The van der Waals surface area contributed by atoms with Gasteiger partial charge < -0.3 is 10.2 Å². The highest BCUT2D eigenvalue weighted by atomic mass is 35.5. The van der Waals surface area contributed by atoms with Gasteiger partial charge in [-0.2, -0.15) is 0 Å². The molecule has 0 bridgehead atoms. The number of nitrogens with one attached hydrogen (secondary N) is 1. The van der Waals surface area contributed by atoms with Crippen molar-refractivity contribution in [1.82, 2.24) is 10.2 Å². The van der Waals surface area contributed by atoms with Crippen molar-refractivity contribution < 1.29 is 9.59 Å². The van der Waals surface area contributed by atoms with Crippen LogP contribution >= 0.6 is 23.2 Å². The average molecular weight is 449 g/mol. The molecule has 2 amide bonds. The third kappa shape index (κ3) is 7.33. The summed E-state index contributed by atoms with van der Waals surface area (Å²) in [6, 6.07) is 14.4. The molecule has 0 radical (unpaired) electrons. The van der Waals surface area contributed by atoms with Crippen LogP contribution in [-0.2, 0) is 22.6 Å². The second-order valence-corrected chi connectivity index (χ2v) is 8.20. The van der Waals surface area contributed by atoms with Crippen molar-refractivity contribution in [3.63, 3.8) is 0 Å². The van der Waals surface area contributed by atoms with Gasteiger partial charge in [-0.05, 0) is 36.1 Å². The molecule has 4 nitrogen and oxygen atoms in total. The number of hydrogen-bond donors (Lipinski definition) is 1. The summed E-state index contributed by atoms with van der Waals surface area (Å²) in [6.45, 7) is 4.89. The Morgan fingerprint density at radius 3 is 2.40 bits per heavy atom. The fraction of sp³-hybridized carbons (Fsp3) is 0.417. The first-order valence-electron chi connectivity index (χ1n) is 10.5. The zero-order valence-electron chi connectivity index (χ0n) is 17.7. The highest BCUT2D eigenvalue weighted by Gasteiger charge is 2.30. The highest BCUT2D eigenvalue weighted by Crippen LogP contribution is 2.24. The van der Waals surface area contributed by atoms with Crippen LogP contribution in [-0.4, -0.2) is 29.3 Å². The summed E-state index contributed by atoms with van der Waals surface area (Å²) >= 11 is 12.4. The van der Waals surface area contributed by atoms with Crippen molar-refractivity contribution in [3.8, 4) is 0 Å². The van der Waals surface area contributed by atoms with Gasteiger partial charge in [-0.1, -0.05) is 79.9 Å². The van der Waals surface area contributed by atoms with Crippen molar-refractivity contribution in [2.24, 2.45) is 0 Å². The lowest BCUT2D eigenvalue weighted by molar-refractivity contribution is -0.141. The van der Waals surface area contributed by atoms with Crippen LogP contribution in [0.3, 0.4) is 0 Å². The van der Waals surface area contributed by atoms with Crippen molar-refractivity contribution in [1.29, 1.82) is 0 Å². The molecular formula is C24H30Cl2N2O2. The number of halogens is 2. The maximum atomic E-state index is 13.1. The fourth-order valence-corrected chi connectivity index (χ4v) is 3.72. The van der Waals surface area contributed by atoms with Crippen molar-refractivity contribution >= 4 is 35.0 Å². The first-order valence-corrected chi connectivity index (χ1v) is 11.3. The molecule has 30 heavy (non-hydrogen) atoms. The minimum atomic E-state index is -0.616. The molecule has 0 aromatic heterocycles. The van der Waals surface area contributed by atoms with Gasteiger partial charge in [0, 0.05) is 36.0 Å². The maximum absolute atomic E-state index is 13.1. The van der Waals surface area contributed by atoms with Gasteiger partial charge in [-0.15, -0.1) is 0 Å². The van der Waals surface area contributed by atoms with Crippen molar-refractivity contribution in [2.75, 3.05) is 6.54 Å². The van der Waals surface area contributed by atoms with E-state index in [0.29, 0.717) is 35.9 Å². The summed E-state index contributed by atoms with van der Waals surface area (Å²) in [5, 5.41) is 4.03. The lowest BCUT2D eigenvalue weighted by atomic mass is 10.0. The van der Waals surface area contributed by atoms with Crippen LogP contribution in [0.5, 0.6) is 0 Å². The molecule has 2 rings (SSSR count). The SMILES string of the molecule is CCCCNC(=O)[C@@H](Cc1ccccc1)N(Cc1ccc(Cl)cc1Cl)C(=O)CCC. The Bertz CT molecular complexity index is 827. The van der Waals surface area contributed by atoms with E-state index in [1.54, 1.807) is 17.0 Å². The van der Waals surface area contributed by atoms with Gasteiger partial charge in [-0.25, -0.2) is 0 Å². The van der Waals surface area contributed by atoms with E-state index in [0.717, 1.165) is 24.0 Å². The summed E-state index contributed by atoms with van der Waals surface area (Å²) in [4.78, 5) is 27.9. The zero-order valence-corrected chi connectivity index (χ0v) is 19.2. The summed E-state index contributed by atoms with van der Waals surface area (Å²) < 4.78 is 0. The number of carbonyl (C=O) groups excluding carboxylic acids is 2. The molecule has 0 unspecified atom stereocenters. The molecule has 2 aromatic carbocycles. The number of unbranched alkanes of at least 4 members (excludes halogenated alkanes) is 1. The normalized spacial score (nSPS) is 11.7. The van der Waals surface area contributed by atoms with E-state index in [9.17, 15) is 9.59 Å². The van der Waals surface area contributed by atoms with E-state index in [-0.39, 0.29) is 18.4 Å². The molecule has 6 heteroatoms. The molecule has 1 atom stereocenters. The smallest absolute Gasteiger partial charge is 0.243 e. The molecule has 0 fully saturated rings. The molecule has 0 aliphatic carbocycles. The van der Waals surface area contributed by atoms with E-state index < -0.39 is 6.04 Å². The number of carbonyl (C=O) groups is 2. The molecule has 162 valence electrons. The number of benzene rings is 2. The summed E-state index contributed by atoms with van der Waals surface area (Å²) in [5.74, 6) is -0.197.